The van der Waals surface area contributed by atoms with Crippen molar-refractivity contribution in [1.29, 1.82) is 0 Å². The molecule has 2 aromatic carbocycles. The lowest BCUT2D eigenvalue weighted by molar-refractivity contribution is -0.305. The molecule has 2 aromatic rings. The van der Waals surface area contributed by atoms with Gasteiger partial charge in [0.15, 0.2) is 0 Å². The summed E-state index contributed by atoms with van der Waals surface area (Å²) in [5, 5.41) is 22.0. The SMILES string of the molecule is O=C([O-])CCN1C(=O)C(=O)C(=C(O)c2ccc(Cl)cc2)[C@H]1c1cccc(F)c1. The molecule has 1 heterocycles. The minimum absolute atomic E-state index is 0.230. The van der Waals surface area contributed by atoms with Gasteiger partial charge in [0.05, 0.1) is 11.6 Å². The number of likely N-dealkylation sites (tertiary alicyclic amines) is 1. The number of halogens is 2. The van der Waals surface area contributed by atoms with Gasteiger partial charge in [-0.2, -0.15) is 0 Å². The first-order valence-corrected chi connectivity index (χ1v) is 8.67. The molecular weight excluding hydrogens is 389 g/mol. The second kappa shape index (κ2) is 7.82. The molecule has 0 bridgehead atoms. The standard InChI is InChI=1S/C20H15ClFNO5/c21-13-6-4-11(5-7-13)18(26)16-17(12-2-1-3-14(22)10-12)23(9-8-15(24)25)20(28)19(16)27/h1-7,10,17,26H,8-9H2,(H,24,25)/p-1/t17-/m1/s1. The maximum absolute atomic E-state index is 13.8. The lowest BCUT2D eigenvalue weighted by Gasteiger charge is -2.25. The third-order valence-corrected chi connectivity index (χ3v) is 4.63. The number of ketones is 1. The molecule has 3 rings (SSSR count). The Bertz CT molecular complexity index is 986. The van der Waals surface area contributed by atoms with Crippen LogP contribution in [0.3, 0.4) is 0 Å². The van der Waals surface area contributed by atoms with Gasteiger partial charge in [0.2, 0.25) is 0 Å². The zero-order chi connectivity index (χ0) is 20.4. The Balaban J connectivity index is 2.16. The van der Waals surface area contributed by atoms with Crippen LogP contribution in [0.2, 0.25) is 5.02 Å². The first-order valence-electron chi connectivity index (χ1n) is 8.29. The predicted molar refractivity (Wildman–Crippen MR) is 96.5 cm³/mol. The van der Waals surface area contributed by atoms with Crippen molar-refractivity contribution in [3.05, 3.63) is 76.1 Å². The molecule has 0 spiro atoms. The topological polar surface area (TPSA) is 97.7 Å². The van der Waals surface area contributed by atoms with Crippen LogP contribution >= 0.6 is 11.6 Å². The van der Waals surface area contributed by atoms with Gasteiger partial charge < -0.3 is 19.9 Å². The molecule has 0 aliphatic carbocycles. The van der Waals surface area contributed by atoms with Crippen molar-refractivity contribution >= 4 is 35.0 Å². The molecular formula is C20H14ClFNO5-. The number of aliphatic hydroxyl groups excluding tert-OH is 1. The van der Waals surface area contributed by atoms with Crippen molar-refractivity contribution in [2.75, 3.05) is 6.54 Å². The molecule has 1 aliphatic rings. The lowest BCUT2D eigenvalue weighted by Crippen LogP contribution is -2.34. The van der Waals surface area contributed by atoms with Crippen LogP contribution in [0, 0.1) is 5.82 Å². The van der Waals surface area contributed by atoms with Gasteiger partial charge in [-0.15, -0.1) is 0 Å². The molecule has 0 aromatic heterocycles. The third kappa shape index (κ3) is 3.75. The molecule has 28 heavy (non-hydrogen) atoms. The Morgan fingerprint density at radius 3 is 2.46 bits per heavy atom. The summed E-state index contributed by atoms with van der Waals surface area (Å²) in [6, 6.07) is 10.00. The number of rotatable bonds is 5. The maximum atomic E-state index is 13.8. The molecule has 1 amide bonds. The van der Waals surface area contributed by atoms with Crippen LogP contribution in [0.1, 0.15) is 23.6 Å². The third-order valence-electron chi connectivity index (χ3n) is 4.38. The molecule has 0 saturated carbocycles. The first kappa shape index (κ1) is 19.6. The monoisotopic (exact) mass is 402 g/mol. The number of Topliss-reactive ketones (excluding diaryl/α,β-unsaturated/α-hetero) is 1. The summed E-state index contributed by atoms with van der Waals surface area (Å²) in [5.41, 5.74) is 0.216. The van der Waals surface area contributed by atoms with Crippen LogP contribution in [0.15, 0.2) is 54.1 Å². The number of hydrogen-bond acceptors (Lipinski definition) is 5. The maximum Gasteiger partial charge on any atom is 0.295 e. The Hall–Kier alpha value is -3.19. The normalized spacial score (nSPS) is 18.5. The summed E-state index contributed by atoms with van der Waals surface area (Å²) >= 11 is 5.83. The van der Waals surface area contributed by atoms with E-state index < -0.39 is 41.7 Å². The molecule has 6 nitrogen and oxygen atoms in total. The number of carboxylic acid groups (broad SMARTS) is 1. The fraction of sp³-hybridized carbons (Fsp3) is 0.150. The molecule has 1 N–H and O–H groups in total. The summed E-state index contributed by atoms with van der Waals surface area (Å²) in [7, 11) is 0. The Morgan fingerprint density at radius 2 is 1.86 bits per heavy atom. The smallest absolute Gasteiger partial charge is 0.295 e. The summed E-state index contributed by atoms with van der Waals surface area (Å²) < 4.78 is 13.8. The van der Waals surface area contributed by atoms with E-state index in [1.54, 1.807) is 0 Å². The van der Waals surface area contributed by atoms with E-state index in [1.165, 1.54) is 42.5 Å². The van der Waals surface area contributed by atoms with Crippen molar-refractivity contribution in [2.45, 2.75) is 12.5 Å². The van der Waals surface area contributed by atoms with Crippen LogP contribution < -0.4 is 5.11 Å². The fourth-order valence-corrected chi connectivity index (χ4v) is 3.23. The van der Waals surface area contributed by atoms with Gasteiger partial charge in [-0.3, -0.25) is 9.59 Å². The van der Waals surface area contributed by atoms with E-state index in [0.29, 0.717) is 5.02 Å². The van der Waals surface area contributed by atoms with E-state index in [4.69, 9.17) is 11.6 Å². The van der Waals surface area contributed by atoms with Crippen LogP contribution in [0.5, 0.6) is 0 Å². The number of carbonyl (C=O) groups is 3. The van der Waals surface area contributed by atoms with E-state index in [1.807, 2.05) is 0 Å². The van der Waals surface area contributed by atoms with E-state index >= 15 is 0 Å². The molecule has 1 aliphatic heterocycles. The minimum Gasteiger partial charge on any atom is -0.550 e. The van der Waals surface area contributed by atoms with Crippen LogP contribution in [0.4, 0.5) is 4.39 Å². The quantitative estimate of drug-likeness (QED) is 0.469. The minimum atomic E-state index is -1.41. The lowest BCUT2D eigenvalue weighted by atomic mass is 9.95. The van der Waals surface area contributed by atoms with Crippen molar-refractivity contribution in [1.82, 2.24) is 4.90 Å². The summed E-state index contributed by atoms with van der Waals surface area (Å²) in [6.45, 7) is -0.328. The molecule has 0 radical (unpaired) electrons. The largest absolute Gasteiger partial charge is 0.550 e. The van der Waals surface area contributed by atoms with Gasteiger partial charge >= 0.3 is 0 Å². The highest BCUT2D eigenvalue weighted by Crippen LogP contribution is 2.39. The Labute approximate surface area is 164 Å². The zero-order valence-corrected chi connectivity index (χ0v) is 15.1. The summed E-state index contributed by atoms with van der Waals surface area (Å²) in [6.07, 6.45) is -0.514. The van der Waals surface area contributed by atoms with Gasteiger partial charge in [-0.05, 0) is 42.0 Å². The fourth-order valence-electron chi connectivity index (χ4n) is 3.11. The highest BCUT2D eigenvalue weighted by atomic mass is 35.5. The zero-order valence-electron chi connectivity index (χ0n) is 14.4. The molecule has 1 fully saturated rings. The number of carbonyl (C=O) groups excluding carboxylic acids is 3. The van der Waals surface area contributed by atoms with Crippen LogP contribution in [-0.2, 0) is 14.4 Å². The van der Waals surface area contributed by atoms with Crippen LogP contribution in [0.25, 0.3) is 5.76 Å². The average Bonchev–Trinajstić information content (AvgIpc) is 2.91. The molecule has 1 saturated heterocycles. The number of benzene rings is 2. The summed E-state index contributed by atoms with van der Waals surface area (Å²) in [5.74, 6) is -4.43. The molecule has 0 unspecified atom stereocenters. The predicted octanol–water partition coefficient (Wildman–Crippen LogP) is 2.04. The van der Waals surface area contributed by atoms with Crippen molar-refractivity contribution in [3.8, 4) is 0 Å². The number of hydrogen-bond donors (Lipinski definition) is 1. The molecule has 144 valence electrons. The number of aliphatic carboxylic acids is 1. The second-order valence-electron chi connectivity index (χ2n) is 6.18. The molecule has 1 atom stereocenters. The second-order valence-corrected chi connectivity index (χ2v) is 6.61. The van der Waals surface area contributed by atoms with Crippen molar-refractivity contribution in [2.24, 2.45) is 0 Å². The van der Waals surface area contributed by atoms with Gasteiger partial charge in [-0.25, -0.2) is 4.39 Å². The highest BCUT2D eigenvalue weighted by Gasteiger charge is 2.45. The van der Waals surface area contributed by atoms with E-state index in [2.05, 4.69) is 0 Å². The Morgan fingerprint density at radius 1 is 1.18 bits per heavy atom. The van der Waals surface area contributed by atoms with E-state index in [-0.39, 0.29) is 23.2 Å². The van der Waals surface area contributed by atoms with Gasteiger partial charge in [0, 0.05) is 29.5 Å². The van der Waals surface area contributed by atoms with E-state index in [0.717, 1.165) is 11.0 Å². The van der Waals surface area contributed by atoms with E-state index in [9.17, 15) is 29.0 Å². The van der Waals surface area contributed by atoms with Gasteiger partial charge in [0.1, 0.15) is 11.6 Å². The number of aliphatic hydroxyl groups is 1. The first-order chi connectivity index (χ1) is 13.3. The molecule has 8 heteroatoms. The average molecular weight is 403 g/mol. The highest BCUT2D eigenvalue weighted by molar-refractivity contribution is 6.46. The number of nitrogens with zero attached hydrogens (tertiary/aromatic N) is 1. The van der Waals surface area contributed by atoms with Gasteiger partial charge in [0.25, 0.3) is 11.7 Å². The Kier molecular flexibility index (Phi) is 5.46. The van der Waals surface area contributed by atoms with Crippen LogP contribution in [-0.4, -0.2) is 34.2 Å². The van der Waals surface area contributed by atoms with Crippen molar-refractivity contribution < 1.29 is 29.0 Å². The summed E-state index contributed by atoms with van der Waals surface area (Å²) in [4.78, 5) is 36.9. The van der Waals surface area contributed by atoms with Gasteiger partial charge in [-0.1, -0.05) is 23.7 Å². The van der Waals surface area contributed by atoms with Crippen molar-refractivity contribution in [3.63, 3.8) is 0 Å². The number of amides is 1. The number of carboxylic acids is 1.